The summed E-state index contributed by atoms with van der Waals surface area (Å²) in [5.74, 6) is 2.10. The van der Waals surface area contributed by atoms with Gasteiger partial charge in [0.15, 0.2) is 0 Å². The fourth-order valence-electron chi connectivity index (χ4n) is 1.67. The fourth-order valence-corrected chi connectivity index (χ4v) is 1.67. The van der Waals surface area contributed by atoms with Gasteiger partial charge < -0.3 is 9.73 Å². The lowest BCUT2D eigenvalue weighted by Crippen LogP contribution is -2.25. The van der Waals surface area contributed by atoms with E-state index in [4.69, 9.17) is 4.42 Å². The van der Waals surface area contributed by atoms with Crippen LogP contribution in [0.5, 0.6) is 0 Å². The second kappa shape index (κ2) is 6.82. The second-order valence-corrected chi connectivity index (χ2v) is 4.98. The number of hydrogen-bond donors (Lipinski definition) is 1. The maximum absolute atomic E-state index is 5.78. The molecule has 3 heteroatoms. The minimum atomic E-state index is 0.544. The third-order valence-corrected chi connectivity index (χ3v) is 3.10. The van der Waals surface area contributed by atoms with Crippen LogP contribution in [0.25, 0.3) is 0 Å². The monoisotopic (exact) mass is 238 g/mol. The van der Waals surface area contributed by atoms with Gasteiger partial charge in [0.25, 0.3) is 0 Å². The van der Waals surface area contributed by atoms with Crippen molar-refractivity contribution in [1.82, 2.24) is 10.2 Å². The lowest BCUT2D eigenvalue weighted by Gasteiger charge is -2.19. The number of aryl methyl sites for hydroxylation is 1. The maximum atomic E-state index is 5.78. The highest BCUT2D eigenvalue weighted by atomic mass is 16.3. The van der Waals surface area contributed by atoms with Gasteiger partial charge in [0.05, 0.1) is 6.54 Å². The molecule has 1 aromatic rings. The van der Waals surface area contributed by atoms with E-state index >= 15 is 0 Å². The average Bonchev–Trinajstić information content (AvgIpc) is 2.59. The summed E-state index contributed by atoms with van der Waals surface area (Å²) in [6.45, 7) is 11.5. The van der Waals surface area contributed by atoms with Crippen molar-refractivity contribution in [3.63, 3.8) is 0 Å². The zero-order valence-electron chi connectivity index (χ0n) is 11.8. The first kappa shape index (κ1) is 14.3. The van der Waals surface area contributed by atoms with Crippen LogP contribution in [-0.2, 0) is 13.1 Å². The van der Waals surface area contributed by atoms with Gasteiger partial charge in [0, 0.05) is 18.2 Å². The molecule has 3 nitrogen and oxygen atoms in total. The van der Waals surface area contributed by atoms with Crippen LogP contribution in [0.4, 0.5) is 0 Å². The summed E-state index contributed by atoms with van der Waals surface area (Å²) in [6, 6.07) is 2.72. The van der Waals surface area contributed by atoms with E-state index in [-0.39, 0.29) is 0 Å². The summed E-state index contributed by atoms with van der Waals surface area (Å²) >= 11 is 0. The Bertz CT molecular complexity index is 331. The van der Waals surface area contributed by atoms with Crippen molar-refractivity contribution >= 4 is 0 Å². The van der Waals surface area contributed by atoms with Crippen LogP contribution in [-0.4, -0.2) is 24.5 Å². The third kappa shape index (κ3) is 4.52. The summed E-state index contributed by atoms with van der Waals surface area (Å²) in [5, 5.41) is 3.41. The Labute approximate surface area is 105 Å². The summed E-state index contributed by atoms with van der Waals surface area (Å²) < 4.78 is 5.78. The van der Waals surface area contributed by atoms with Crippen molar-refractivity contribution in [3.8, 4) is 0 Å². The average molecular weight is 238 g/mol. The van der Waals surface area contributed by atoms with Crippen molar-refractivity contribution in [2.45, 2.75) is 53.2 Å². The first-order valence-corrected chi connectivity index (χ1v) is 6.53. The minimum absolute atomic E-state index is 0.544. The lowest BCUT2D eigenvalue weighted by molar-refractivity contribution is 0.242. The van der Waals surface area contributed by atoms with E-state index in [1.165, 1.54) is 12.0 Å². The number of nitrogens with zero attached hydrogens (tertiary/aromatic N) is 1. The maximum Gasteiger partial charge on any atom is 0.118 e. The quantitative estimate of drug-likeness (QED) is 0.740. The molecule has 0 spiro atoms. The molecule has 0 fully saturated rings. The van der Waals surface area contributed by atoms with Crippen molar-refractivity contribution in [3.05, 3.63) is 23.2 Å². The molecule has 0 radical (unpaired) electrons. The molecule has 1 aromatic heterocycles. The molecule has 0 aliphatic carbocycles. The lowest BCUT2D eigenvalue weighted by atomic mass is 10.2. The Balaban J connectivity index is 2.55. The van der Waals surface area contributed by atoms with Gasteiger partial charge >= 0.3 is 0 Å². The van der Waals surface area contributed by atoms with E-state index in [1.54, 1.807) is 0 Å². The molecule has 0 amide bonds. The smallest absolute Gasteiger partial charge is 0.118 e. The Morgan fingerprint density at radius 3 is 2.71 bits per heavy atom. The van der Waals surface area contributed by atoms with Gasteiger partial charge in [0.2, 0.25) is 0 Å². The summed E-state index contributed by atoms with van der Waals surface area (Å²) in [4.78, 5) is 2.28. The number of furan rings is 1. The largest absolute Gasteiger partial charge is 0.465 e. The van der Waals surface area contributed by atoms with Crippen LogP contribution in [0.2, 0.25) is 0 Å². The van der Waals surface area contributed by atoms with E-state index in [9.17, 15) is 0 Å². The predicted octanol–water partition coefficient (Wildman–Crippen LogP) is 2.93. The van der Waals surface area contributed by atoms with Crippen LogP contribution in [0, 0.1) is 6.92 Å². The van der Waals surface area contributed by atoms with Crippen molar-refractivity contribution in [2.24, 2.45) is 0 Å². The zero-order valence-corrected chi connectivity index (χ0v) is 11.8. The van der Waals surface area contributed by atoms with Gasteiger partial charge in [-0.1, -0.05) is 6.92 Å². The van der Waals surface area contributed by atoms with Crippen LogP contribution in [0.1, 0.15) is 44.3 Å². The van der Waals surface area contributed by atoms with Gasteiger partial charge in [-0.05, 0) is 46.9 Å². The normalized spacial score (nSPS) is 11.7. The molecule has 1 N–H and O–H groups in total. The molecule has 0 bridgehead atoms. The van der Waals surface area contributed by atoms with Crippen molar-refractivity contribution in [2.75, 3.05) is 13.6 Å². The molecule has 0 aromatic carbocycles. The molecule has 0 aliphatic rings. The Hall–Kier alpha value is -0.800. The summed E-state index contributed by atoms with van der Waals surface area (Å²) in [7, 11) is 2.12. The number of nitrogens with one attached hydrogen (secondary N) is 1. The summed E-state index contributed by atoms with van der Waals surface area (Å²) in [5.41, 5.74) is 1.28. The van der Waals surface area contributed by atoms with Crippen molar-refractivity contribution < 1.29 is 4.42 Å². The van der Waals surface area contributed by atoms with Gasteiger partial charge in [0.1, 0.15) is 11.5 Å². The van der Waals surface area contributed by atoms with E-state index in [0.717, 1.165) is 31.2 Å². The number of rotatable bonds is 7. The summed E-state index contributed by atoms with van der Waals surface area (Å²) in [6.07, 6.45) is 1.17. The van der Waals surface area contributed by atoms with E-state index < -0.39 is 0 Å². The van der Waals surface area contributed by atoms with Gasteiger partial charge in [-0.3, -0.25) is 4.90 Å². The zero-order chi connectivity index (χ0) is 12.8. The Morgan fingerprint density at radius 1 is 1.41 bits per heavy atom. The SMILES string of the molecule is CCCNCc1cc(CN(C)C(C)C)oc1C. The van der Waals surface area contributed by atoms with Gasteiger partial charge in [-0.2, -0.15) is 0 Å². The molecule has 1 rings (SSSR count). The molecule has 17 heavy (non-hydrogen) atoms. The van der Waals surface area contributed by atoms with Crippen LogP contribution in [0.15, 0.2) is 10.5 Å². The first-order chi connectivity index (χ1) is 8.04. The molecule has 0 atom stereocenters. The highest BCUT2D eigenvalue weighted by Gasteiger charge is 2.10. The third-order valence-electron chi connectivity index (χ3n) is 3.10. The molecule has 0 unspecified atom stereocenters. The second-order valence-electron chi connectivity index (χ2n) is 4.98. The van der Waals surface area contributed by atoms with Gasteiger partial charge in [-0.15, -0.1) is 0 Å². The Kier molecular flexibility index (Phi) is 5.72. The molecular formula is C14H26N2O. The Morgan fingerprint density at radius 2 is 2.12 bits per heavy atom. The molecular weight excluding hydrogens is 212 g/mol. The highest BCUT2D eigenvalue weighted by Crippen LogP contribution is 2.16. The molecule has 1 heterocycles. The van der Waals surface area contributed by atoms with Crippen LogP contribution < -0.4 is 5.32 Å². The van der Waals surface area contributed by atoms with E-state index in [2.05, 4.69) is 44.1 Å². The molecule has 0 saturated heterocycles. The first-order valence-electron chi connectivity index (χ1n) is 6.53. The standard InChI is InChI=1S/C14H26N2O/c1-6-7-15-9-13-8-14(17-12(13)4)10-16(5)11(2)3/h8,11,15H,6-7,9-10H2,1-5H3. The van der Waals surface area contributed by atoms with Crippen LogP contribution >= 0.6 is 0 Å². The minimum Gasteiger partial charge on any atom is -0.465 e. The topological polar surface area (TPSA) is 28.4 Å². The molecule has 98 valence electrons. The van der Waals surface area contributed by atoms with Gasteiger partial charge in [-0.25, -0.2) is 0 Å². The van der Waals surface area contributed by atoms with E-state index in [0.29, 0.717) is 6.04 Å². The molecule has 0 aliphatic heterocycles. The predicted molar refractivity (Wildman–Crippen MR) is 72.0 cm³/mol. The highest BCUT2D eigenvalue weighted by molar-refractivity contribution is 5.20. The molecule has 0 saturated carbocycles. The number of hydrogen-bond acceptors (Lipinski definition) is 3. The fraction of sp³-hybridized carbons (Fsp3) is 0.714. The van der Waals surface area contributed by atoms with Crippen LogP contribution in [0.3, 0.4) is 0 Å². The van der Waals surface area contributed by atoms with E-state index in [1.807, 2.05) is 6.92 Å². The van der Waals surface area contributed by atoms with Crippen molar-refractivity contribution in [1.29, 1.82) is 0 Å².